The average molecular weight is 399 g/mol. The number of carbonyl (C=O) groups excluding carboxylic acids is 2. The first-order chi connectivity index (χ1) is 14.2. The van der Waals surface area contributed by atoms with Crippen LogP contribution in [0.2, 0.25) is 0 Å². The number of amides is 2. The van der Waals surface area contributed by atoms with E-state index in [0.717, 1.165) is 51.1 Å². The summed E-state index contributed by atoms with van der Waals surface area (Å²) in [6.45, 7) is 2.40. The number of hydrogen-bond donors (Lipinski definition) is 2. The second-order valence-electron chi connectivity index (χ2n) is 7.92. The molecule has 9 nitrogen and oxygen atoms in total. The Kier molecular flexibility index (Phi) is 6.21. The summed E-state index contributed by atoms with van der Waals surface area (Å²) in [4.78, 5) is 25.7. The molecule has 0 radical (unpaired) electrons. The highest BCUT2D eigenvalue weighted by atomic mass is 16.2. The van der Waals surface area contributed by atoms with Crippen LogP contribution in [0, 0.1) is 0 Å². The number of rotatable bonds is 9. The lowest BCUT2D eigenvalue weighted by Gasteiger charge is -2.15. The van der Waals surface area contributed by atoms with Gasteiger partial charge < -0.3 is 15.5 Å². The molecule has 2 aromatic rings. The Morgan fingerprint density at radius 1 is 1.17 bits per heavy atom. The number of fused-ring (bicyclic) bond motifs is 1. The molecule has 2 amide bonds. The van der Waals surface area contributed by atoms with Gasteiger partial charge in [-0.3, -0.25) is 9.59 Å². The highest BCUT2D eigenvalue weighted by Crippen LogP contribution is 2.18. The van der Waals surface area contributed by atoms with Gasteiger partial charge in [0.1, 0.15) is 5.82 Å². The number of nitrogens with one attached hydrogen (secondary N) is 2. The van der Waals surface area contributed by atoms with Crippen molar-refractivity contribution in [1.29, 1.82) is 0 Å². The fourth-order valence-corrected chi connectivity index (χ4v) is 4.11. The summed E-state index contributed by atoms with van der Waals surface area (Å²) in [5.41, 5.74) is 0.671. The van der Waals surface area contributed by atoms with Crippen LogP contribution in [0.3, 0.4) is 0 Å². The first kappa shape index (κ1) is 19.6. The fraction of sp³-hybridized carbons (Fsp3) is 0.650. The number of anilines is 1. The Morgan fingerprint density at radius 2 is 2.03 bits per heavy atom. The molecule has 2 fully saturated rings. The zero-order valence-corrected chi connectivity index (χ0v) is 16.8. The van der Waals surface area contributed by atoms with E-state index in [1.54, 1.807) is 4.52 Å². The van der Waals surface area contributed by atoms with Crippen LogP contribution < -0.4 is 10.6 Å². The maximum atomic E-state index is 12.2. The molecule has 156 valence electrons. The zero-order chi connectivity index (χ0) is 20.1. The second kappa shape index (κ2) is 9.19. The molecular formula is C20H29N7O2. The molecule has 2 N–H and O–H groups in total. The van der Waals surface area contributed by atoms with Gasteiger partial charge in [0, 0.05) is 44.9 Å². The van der Waals surface area contributed by atoms with E-state index < -0.39 is 0 Å². The van der Waals surface area contributed by atoms with Crippen LogP contribution in [0.5, 0.6) is 0 Å². The van der Waals surface area contributed by atoms with Crippen LogP contribution in [-0.2, 0) is 16.0 Å². The smallest absolute Gasteiger partial charge is 0.222 e. The third-order valence-electron chi connectivity index (χ3n) is 5.71. The summed E-state index contributed by atoms with van der Waals surface area (Å²) in [6, 6.07) is 4.08. The lowest BCUT2D eigenvalue weighted by atomic mass is 10.2. The molecule has 2 aliphatic rings. The second-order valence-corrected chi connectivity index (χ2v) is 7.92. The largest absolute Gasteiger partial charge is 0.369 e. The maximum absolute atomic E-state index is 12.2. The molecule has 3 heterocycles. The van der Waals surface area contributed by atoms with Crippen LogP contribution in [0.15, 0.2) is 12.1 Å². The van der Waals surface area contributed by atoms with Crippen molar-refractivity contribution in [2.24, 2.45) is 0 Å². The maximum Gasteiger partial charge on any atom is 0.222 e. The van der Waals surface area contributed by atoms with Crippen LogP contribution in [0.4, 0.5) is 5.82 Å². The topological polar surface area (TPSA) is 105 Å². The minimum Gasteiger partial charge on any atom is -0.369 e. The number of nitrogens with zero attached hydrogens (tertiary/aromatic N) is 5. The molecule has 0 aromatic carbocycles. The van der Waals surface area contributed by atoms with Crippen LogP contribution >= 0.6 is 0 Å². The number of aromatic nitrogens is 4. The fourth-order valence-electron chi connectivity index (χ4n) is 4.11. The summed E-state index contributed by atoms with van der Waals surface area (Å²) in [7, 11) is 0. The van der Waals surface area contributed by atoms with Crippen molar-refractivity contribution >= 4 is 23.3 Å². The highest BCUT2D eigenvalue weighted by Gasteiger charge is 2.19. The van der Waals surface area contributed by atoms with Crippen molar-refractivity contribution in [3.8, 4) is 0 Å². The Morgan fingerprint density at radius 3 is 2.83 bits per heavy atom. The highest BCUT2D eigenvalue weighted by molar-refractivity contribution is 5.78. The zero-order valence-electron chi connectivity index (χ0n) is 16.8. The average Bonchev–Trinajstić information content (AvgIpc) is 3.45. The Hall–Kier alpha value is -2.71. The molecule has 2 aromatic heterocycles. The van der Waals surface area contributed by atoms with E-state index in [1.807, 2.05) is 17.0 Å². The van der Waals surface area contributed by atoms with Gasteiger partial charge in [0.05, 0.1) is 0 Å². The molecule has 1 saturated carbocycles. The van der Waals surface area contributed by atoms with Gasteiger partial charge in [0.2, 0.25) is 11.8 Å². The number of aryl methyl sites for hydroxylation is 1. The van der Waals surface area contributed by atoms with E-state index in [-0.39, 0.29) is 11.8 Å². The summed E-state index contributed by atoms with van der Waals surface area (Å²) in [5.74, 6) is 1.75. The minimum absolute atomic E-state index is 0.0689. The van der Waals surface area contributed by atoms with Crippen LogP contribution in [0.25, 0.3) is 5.65 Å². The Bertz CT molecular complexity index is 860. The van der Waals surface area contributed by atoms with Crippen molar-refractivity contribution < 1.29 is 9.59 Å². The number of carbonyl (C=O) groups is 2. The summed E-state index contributed by atoms with van der Waals surface area (Å²) >= 11 is 0. The van der Waals surface area contributed by atoms with Gasteiger partial charge >= 0.3 is 0 Å². The van der Waals surface area contributed by atoms with E-state index in [9.17, 15) is 9.59 Å². The molecule has 1 saturated heterocycles. The lowest BCUT2D eigenvalue weighted by molar-refractivity contribution is -0.127. The monoisotopic (exact) mass is 399 g/mol. The third kappa shape index (κ3) is 5.02. The summed E-state index contributed by atoms with van der Waals surface area (Å²) in [6.07, 6.45) is 8.00. The molecular weight excluding hydrogens is 370 g/mol. The van der Waals surface area contributed by atoms with Gasteiger partial charge in [-0.15, -0.1) is 15.3 Å². The Balaban J connectivity index is 1.27. The van der Waals surface area contributed by atoms with Crippen molar-refractivity contribution in [2.75, 3.05) is 25.0 Å². The van der Waals surface area contributed by atoms with Crippen molar-refractivity contribution in [3.05, 3.63) is 18.0 Å². The molecule has 0 spiro atoms. The van der Waals surface area contributed by atoms with Gasteiger partial charge in [-0.05, 0) is 37.8 Å². The van der Waals surface area contributed by atoms with Crippen molar-refractivity contribution in [1.82, 2.24) is 30.0 Å². The molecule has 1 aliphatic heterocycles. The van der Waals surface area contributed by atoms with E-state index in [2.05, 4.69) is 25.9 Å². The van der Waals surface area contributed by atoms with Crippen molar-refractivity contribution in [3.63, 3.8) is 0 Å². The van der Waals surface area contributed by atoms with Gasteiger partial charge in [0.15, 0.2) is 11.5 Å². The first-order valence-corrected chi connectivity index (χ1v) is 10.7. The van der Waals surface area contributed by atoms with Gasteiger partial charge in [-0.1, -0.05) is 12.8 Å². The summed E-state index contributed by atoms with van der Waals surface area (Å²) in [5, 5.41) is 19.3. The van der Waals surface area contributed by atoms with E-state index in [4.69, 9.17) is 0 Å². The number of hydrogen-bond acceptors (Lipinski definition) is 6. The standard InChI is InChI=1S/C20H29N7O2/c28-19(22-15-5-1-2-6-15)11-10-18-24-23-17-9-8-16(25-27(17)18)21-12-4-14-26-13-3-7-20(26)29/h8-9,15H,1-7,10-14H2,(H,21,25)(H,22,28). The normalized spacial score (nSPS) is 17.4. The number of likely N-dealkylation sites (tertiary alicyclic amines) is 1. The van der Waals surface area contributed by atoms with Crippen LogP contribution in [0.1, 0.15) is 57.2 Å². The molecule has 29 heavy (non-hydrogen) atoms. The summed E-state index contributed by atoms with van der Waals surface area (Å²) < 4.78 is 1.70. The van der Waals surface area contributed by atoms with E-state index in [1.165, 1.54) is 12.8 Å². The predicted octanol–water partition coefficient (Wildman–Crippen LogP) is 1.54. The van der Waals surface area contributed by atoms with Gasteiger partial charge in [-0.25, -0.2) is 0 Å². The van der Waals surface area contributed by atoms with E-state index in [0.29, 0.717) is 36.8 Å². The molecule has 0 unspecified atom stereocenters. The van der Waals surface area contributed by atoms with Gasteiger partial charge in [0.25, 0.3) is 0 Å². The third-order valence-corrected chi connectivity index (χ3v) is 5.71. The SMILES string of the molecule is O=C(CCc1nnc2ccc(NCCCN3CCCC3=O)nn12)NC1CCCC1. The van der Waals surface area contributed by atoms with E-state index >= 15 is 0 Å². The van der Waals surface area contributed by atoms with Crippen LogP contribution in [-0.4, -0.2) is 62.2 Å². The Labute approximate surface area is 170 Å². The molecule has 9 heteroatoms. The molecule has 0 atom stereocenters. The first-order valence-electron chi connectivity index (χ1n) is 10.7. The molecule has 4 rings (SSSR count). The molecule has 0 bridgehead atoms. The van der Waals surface area contributed by atoms with Crippen molar-refractivity contribution in [2.45, 2.75) is 63.8 Å². The quantitative estimate of drug-likeness (QED) is 0.620. The minimum atomic E-state index is 0.0689. The molecule has 1 aliphatic carbocycles. The predicted molar refractivity (Wildman–Crippen MR) is 108 cm³/mol. The lowest BCUT2D eigenvalue weighted by Crippen LogP contribution is -2.32. The van der Waals surface area contributed by atoms with Gasteiger partial charge in [-0.2, -0.15) is 4.52 Å².